The van der Waals surface area contributed by atoms with Gasteiger partial charge in [0, 0.05) is 17.7 Å². The molecular formula is C24H23NO5. The lowest BCUT2D eigenvalue weighted by Gasteiger charge is -2.13. The van der Waals surface area contributed by atoms with Crippen LogP contribution in [0, 0.1) is 0 Å². The highest BCUT2D eigenvalue weighted by Crippen LogP contribution is 2.23. The summed E-state index contributed by atoms with van der Waals surface area (Å²) in [5.41, 5.74) is 2.44. The Kier molecular flexibility index (Phi) is 6.80. The fraction of sp³-hybridized carbons (Fsp3) is 0.208. The molecule has 6 nitrogen and oxygen atoms in total. The van der Waals surface area contributed by atoms with E-state index in [2.05, 4.69) is 5.32 Å². The number of esters is 1. The number of Topliss-reactive ketones (excluding diaryl/α,β-unsaturated/α-hetero) is 1. The Morgan fingerprint density at radius 3 is 2.33 bits per heavy atom. The third kappa shape index (κ3) is 5.44. The van der Waals surface area contributed by atoms with Crippen molar-refractivity contribution in [3.05, 3.63) is 83.6 Å². The average molecular weight is 405 g/mol. The third-order valence-corrected chi connectivity index (χ3v) is 4.69. The number of rotatable bonds is 8. The van der Waals surface area contributed by atoms with Gasteiger partial charge in [-0.2, -0.15) is 0 Å². The van der Waals surface area contributed by atoms with Crippen molar-refractivity contribution in [1.82, 2.24) is 5.32 Å². The number of hydrogen-bond acceptors (Lipinski definition) is 5. The zero-order chi connectivity index (χ0) is 21.5. The molecule has 0 bridgehead atoms. The Balaban J connectivity index is 1.49. The van der Waals surface area contributed by atoms with E-state index in [1.165, 1.54) is 13.0 Å². The fourth-order valence-electron chi connectivity index (χ4n) is 2.89. The Bertz CT molecular complexity index is 1020. The molecule has 0 saturated carbocycles. The quantitative estimate of drug-likeness (QED) is 0.448. The zero-order valence-corrected chi connectivity index (χ0v) is 16.9. The van der Waals surface area contributed by atoms with E-state index in [1.807, 2.05) is 37.3 Å². The van der Waals surface area contributed by atoms with Crippen LogP contribution >= 0.6 is 0 Å². The molecule has 3 aromatic rings. The summed E-state index contributed by atoms with van der Waals surface area (Å²) in [4.78, 5) is 35.5. The van der Waals surface area contributed by atoms with Crippen LogP contribution in [0.5, 0.6) is 0 Å². The second-order valence-electron chi connectivity index (χ2n) is 6.99. The zero-order valence-electron chi connectivity index (χ0n) is 16.9. The number of hydrogen-bond donors (Lipinski definition) is 1. The van der Waals surface area contributed by atoms with Crippen LogP contribution in [0.25, 0.3) is 11.3 Å². The maximum absolute atomic E-state index is 12.2. The van der Waals surface area contributed by atoms with Crippen molar-refractivity contribution in [3.8, 4) is 11.3 Å². The minimum atomic E-state index is -0.715. The van der Waals surface area contributed by atoms with Crippen molar-refractivity contribution < 1.29 is 23.5 Å². The molecule has 30 heavy (non-hydrogen) atoms. The van der Waals surface area contributed by atoms with E-state index < -0.39 is 5.97 Å². The molecule has 1 N–H and O–H groups in total. The lowest BCUT2D eigenvalue weighted by Crippen LogP contribution is -2.31. The van der Waals surface area contributed by atoms with Gasteiger partial charge >= 0.3 is 5.97 Å². The smallest absolute Gasteiger partial charge is 0.374 e. The Hall–Kier alpha value is -3.67. The van der Waals surface area contributed by atoms with Crippen LogP contribution < -0.4 is 5.32 Å². The van der Waals surface area contributed by atoms with E-state index in [0.29, 0.717) is 17.9 Å². The van der Waals surface area contributed by atoms with Crippen LogP contribution in [-0.4, -0.2) is 30.8 Å². The first-order chi connectivity index (χ1) is 14.4. The van der Waals surface area contributed by atoms with Gasteiger partial charge in [-0.25, -0.2) is 4.79 Å². The van der Waals surface area contributed by atoms with Crippen molar-refractivity contribution in [2.24, 2.45) is 0 Å². The van der Waals surface area contributed by atoms with Crippen molar-refractivity contribution in [2.45, 2.75) is 19.8 Å². The van der Waals surface area contributed by atoms with Gasteiger partial charge in [0.1, 0.15) is 5.76 Å². The number of amides is 1. The minimum Gasteiger partial charge on any atom is -0.450 e. The highest BCUT2D eigenvalue weighted by atomic mass is 16.5. The summed E-state index contributed by atoms with van der Waals surface area (Å²) in [5, 5.41) is 2.76. The standard InChI is InChI=1S/C24H23NO5/c1-16(18-6-4-3-5-7-18)14-25-23(27)15-29-24(28)22-13-12-21(30-22)20-10-8-19(9-11-20)17(2)26/h3-13,16H,14-15H2,1-2H3,(H,25,27)/t16-/m0/s1. The molecule has 0 aliphatic rings. The first-order valence-corrected chi connectivity index (χ1v) is 9.64. The number of carbonyl (C=O) groups is 3. The molecule has 3 rings (SSSR count). The minimum absolute atomic E-state index is 0.00565. The van der Waals surface area contributed by atoms with Crippen LogP contribution in [0.1, 0.15) is 46.2 Å². The van der Waals surface area contributed by atoms with Crippen molar-refractivity contribution in [2.75, 3.05) is 13.2 Å². The molecule has 6 heteroatoms. The lowest BCUT2D eigenvalue weighted by atomic mass is 10.0. The number of ketones is 1. The van der Waals surface area contributed by atoms with Gasteiger partial charge in [-0.3, -0.25) is 9.59 Å². The van der Waals surface area contributed by atoms with Crippen LogP contribution in [0.3, 0.4) is 0 Å². The Morgan fingerprint density at radius 2 is 1.67 bits per heavy atom. The molecule has 0 aliphatic carbocycles. The number of carbonyl (C=O) groups excluding carboxylic acids is 3. The SMILES string of the molecule is CC(=O)c1ccc(-c2ccc(C(=O)OCC(=O)NC[C@H](C)c3ccccc3)o2)cc1. The molecular weight excluding hydrogens is 382 g/mol. The molecule has 1 heterocycles. The lowest BCUT2D eigenvalue weighted by molar-refractivity contribution is -0.124. The summed E-state index contributed by atoms with van der Waals surface area (Å²) < 4.78 is 10.6. The van der Waals surface area contributed by atoms with Gasteiger partial charge in [0.25, 0.3) is 5.91 Å². The number of nitrogens with one attached hydrogen (secondary N) is 1. The molecule has 0 spiro atoms. The Labute approximate surface area is 174 Å². The number of furan rings is 1. The van der Waals surface area contributed by atoms with E-state index in [0.717, 1.165) is 11.1 Å². The van der Waals surface area contributed by atoms with Crippen molar-refractivity contribution >= 4 is 17.7 Å². The van der Waals surface area contributed by atoms with Gasteiger partial charge in [-0.05, 0) is 30.5 Å². The van der Waals surface area contributed by atoms with Gasteiger partial charge in [0.05, 0.1) is 0 Å². The average Bonchev–Trinajstić information content (AvgIpc) is 3.27. The van der Waals surface area contributed by atoms with Gasteiger partial charge in [-0.1, -0.05) is 61.5 Å². The third-order valence-electron chi connectivity index (χ3n) is 4.69. The number of ether oxygens (including phenoxy) is 1. The van der Waals surface area contributed by atoms with E-state index in [-0.39, 0.29) is 30.0 Å². The number of benzene rings is 2. The molecule has 0 unspecified atom stereocenters. The van der Waals surface area contributed by atoms with E-state index >= 15 is 0 Å². The summed E-state index contributed by atoms with van der Waals surface area (Å²) in [6, 6.07) is 19.8. The highest BCUT2D eigenvalue weighted by Gasteiger charge is 2.16. The topological polar surface area (TPSA) is 85.6 Å². The molecule has 0 saturated heterocycles. The van der Waals surface area contributed by atoms with Crippen LogP contribution in [-0.2, 0) is 9.53 Å². The first kappa shape index (κ1) is 21.0. The maximum Gasteiger partial charge on any atom is 0.374 e. The van der Waals surface area contributed by atoms with E-state index in [4.69, 9.17) is 9.15 Å². The fourth-order valence-corrected chi connectivity index (χ4v) is 2.89. The van der Waals surface area contributed by atoms with Crippen molar-refractivity contribution in [1.29, 1.82) is 0 Å². The molecule has 0 fully saturated rings. The summed E-state index contributed by atoms with van der Waals surface area (Å²) in [6.07, 6.45) is 0. The van der Waals surface area contributed by atoms with E-state index in [9.17, 15) is 14.4 Å². The predicted octanol–water partition coefficient (Wildman–Crippen LogP) is 4.23. The van der Waals surface area contributed by atoms with Gasteiger partial charge in [0.2, 0.25) is 5.76 Å². The van der Waals surface area contributed by atoms with Gasteiger partial charge in [-0.15, -0.1) is 0 Å². The molecule has 0 aliphatic heterocycles. The molecule has 1 aromatic heterocycles. The molecule has 0 radical (unpaired) electrons. The van der Waals surface area contributed by atoms with E-state index in [1.54, 1.807) is 30.3 Å². The predicted molar refractivity (Wildman–Crippen MR) is 112 cm³/mol. The second-order valence-corrected chi connectivity index (χ2v) is 6.99. The van der Waals surface area contributed by atoms with Crippen molar-refractivity contribution in [3.63, 3.8) is 0 Å². The largest absolute Gasteiger partial charge is 0.450 e. The summed E-state index contributed by atoms with van der Waals surface area (Å²) in [7, 11) is 0. The summed E-state index contributed by atoms with van der Waals surface area (Å²) in [6.45, 7) is 3.56. The molecule has 154 valence electrons. The monoisotopic (exact) mass is 405 g/mol. The van der Waals surface area contributed by atoms with Crippen LogP contribution in [0.2, 0.25) is 0 Å². The molecule has 1 atom stereocenters. The summed E-state index contributed by atoms with van der Waals surface area (Å²) in [5.74, 6) is -0.496. The molecule has 2 aromatic carbocycles. The maximum atomic E-state index is 12.2. The Morgan fingerprint density at radius 1 is 0.967 bits per heavy atom. The first-order valence-electron chi connectivity index (χ1n) is 9.64. The normalized spacial score (nSPS) is 11.5. The van der Waals surface area contributed by atoms with Gasteiger partial charge < -0.3 is 14.5 Å². The van der Waals surface area contributed by atoms with Crippen LogP contribution in [0.4, 0.5) is 0 Å². The highest BCUT2D eigenvalue weighted by molar-refractivity contribution is 5.94. The van der Waals surface area contributed by atoms with Crippen LogP contribution in [0.15, 0.2) is 71.1 Å². The molecule has 1 amide bonds. The second kappa shape index (κ2) is 9.69. The van der Waals surface area contributed by atoms with Gasteiger partial charge in [0.15, 0.2) is 12.4 Å². The summed E-state index contributed by atoms with van der Waals surface area (Å²) >= 11 is 0.